The zero-order valence-electron chi connectivity index (χ0n) is 14.7. The van der Waals surface area contributed by atoms with Crippen LogP contribution in [0.1, 0.15) is 55.2 Å². The first-order valence-electron chi connectivity index (χ1n) is 9.09. The number of phenolic OH excluding ortho intramolecular Hbond substituents is 1. The third kappa shape index (κ3) is 3.81. The quantitative estimate of drug-likeness (QED) is 0.550. The molecule has 1 heterocycles. The van der Waals surface area contributed by atoms with Crippen LogP contribution in [0.5, 0.6) is 5.75 Å². The summed E-state index contributed by atoms with van der Waals surface area (Å²) in [5, 5.41) is 13.6. The molecule has 1 aromatic rings. The largest absolute Gasteiger partial charge is 0.507 e. The van der Waals surface area contributed by atoms with Gasteiger partial charge in [0.1, 0.15) is 5.75 Å². The van der Waals surface area contributed by atoms with Gasteiger partial charge >= 0.3 is 6.18 Å². The van der Waals surface area contributed by atoms with Crippen molar-refractivity contribution in [1.82, 2.24) is 5.32 Å². The molecule has 3 atom stereocenters. The number of hydrogen-bond acceptors (Lipinski definition) is 3. The molecular weight excluding hydrogens is 369 g/mol. The van der Waals surface area contributed by atoms with Gasteiger partial charge in [0.15, 0.2) is 0 Å². The smallest absolute Gasteiger partial charge is 0.446 e. The number of rotatable bonds is 1. The Bertz CT molecular complexity index is 702. The highest BCUT2D eigenvalue weighted by Crippen LogP contribution is 2.55. The first-order chi connectivity index (χ1) is 12.7. The molecule has 1 saturated heterocycles. The average molecular weight is 391 g/mol. The Morgan fingerprint density at radius 1 is 1.22 bits per heavy atom. The van der Waals surface area contributed by atoms with Crippen LogP contribution in [0.4, 0.5) is 22.0 Å². The van der Waals surface area contributed by atoms with Gasteiger partial charge in [-0.25, -0.2) is 8.78 Å². The number of fused-ring (bicyclic) bond motifs is 1. The van der Waals surface area contributed by atoms with Crippen molar-refractivity contribution in [2.45, 2.75) is 62.6 Å². The second-order valence-electron chi connectivity index (χ2n) is 7.55. The summed E-state index contributed by atoms with van der Waals surface area (Å²) in [5.74, 6) is 0.378. The van der Waals surface area contributed by atoms with Crippen molar-refractivity contribution in [3.8, 4) is 5.75 Å². The topological polar surface area (TPSA) is 49.3 Å². The third-order valence-corrected chi connectivity index (χ3v) is 6.16. The van der Waals surface area contributed by atoms with Crippen molar-refractivity contribution in [1.29, 1.82) is 0 Å². The Kier molecular flexibility index (Phi) is 5.47. The van der Waals surface area contributed by atoms with Gasteiger partial charge in [-0.3, -0.25) is 4.79 Å². The molecule has 3 nitrogen and oxygen atoms in total. The number of nitrogens with one attached hydrogen (secondary N) is 1. The zero-order valence-corrected chi connectivity index (χ0v) is 14.7. The van der Waals surface area contributed by atoms with Crippen LogP contribution in [-0.2, 0) is 16.6 Å². The lowest BCUT2D eigenvalue weighted by Gasteiger charge is -2.56. The number of hydrogen-bond donors (Lipinski definition) is 2. The normalized spacial score (nSPS) is 29.3. The lowest BCUT2D eigenvalue weighted by atomic mass is 9.52. The van der Waals surface area contributed by atoms with Crippen molar-refractivity contribution < 1.29 is 31.9 Å². The Labute approximate surface area is 153 Å². The summed E-state index contributed by atoms with van der Waals surface area (Å²) in [6.45, 7) is 0.998. The van der Waals surface area contributed by atoms with Gasteiger partial charge in [0.05, 0.1) is 5.56 Å². The molecule has 2 N–H and O–H groups in total. The zero-order chi connectivity index (χ0) is 19.8. The molecule has 1 saturated carbocycles. The second kappa shape index (κ2) is 7.37. The molecule has 8 heteroatoms. The standard InChI is InChI=1S/C17H21F2NO.C2HF3O/c18-16(19)11-7-10-8-14-12-3-1-2-4-17(12,5-6-20-14)13(10)9-15(11)21;3-2(4,5)1-6/h7,9,12,14,16,20-21H,1-6,8H2;1H/t12-,14+,17+;/m1./s1. The van der Waals surface area contributed by atoms with Crippen molar-refractivity contribution in [2.24, 2.45) is 5.92 Å². The summed E-state index contributed by atoms with van der Waals surface area (Å²) in [6, 6.07) is 3.64. The van der Waals surface area contributed by atoms with E-state index in [2.05, 4.69) is 5.32 Å². The summed E-state index contributed by atoms with van der Waals surface area (Å²) in [7, 11) is 0. The molecule has 27 heavy (non-hydrogen) atoms. The fourth-order valence-electron chi connectivity index (χ4n) is 5.17. The van der Waals surface area contributed by atoms with Crippen molar-refractivity contribution >= 4 is 6.29 Å². The maximum Gasteiger partial charge on any atom is 0.446 e. The second-order valence-corrected chi connectivity index (χ2v) is 7.55. The molecule has 2 fully saturated rings. The van der Waals surface area contributed by atoms with Gasteiger partial charge in [-0.1, -0.05) is 12.8 Å². The average Bonchev–Trinajstić information content (AvgIpc) is 2.62. The minimum absolute atomic E-state index is 0.111. The Balaban J connectivity index is 0.000000307. The molecule has 1 aromatic carbocycles. The van der Waals surface area contributed by atoms with Gasteiger partial charge in [-0.05, 0) is 61.4 Å². The fraction of sp³-hybridized carbons (Fsp3) is 0.632. The lowest BCUT2D eigenvalue weighted by molar-refractivity contribution is -0.156. The van der Waals surface area contributed by atoms with Crippen LogP contribution in [0.15, 0.2) is 12.1 Å². The predicted octanol–water partition coefficient (Wildman–Crippen LogP) is 4.42. The van der Waals surface area contributed by atoms with Gasteiger partial charge in [0.2, 0.25) is 6.29 Å². The monoisotopic (exact) mass is 391 g/mol. The fourth-order valence-corrected chi connectivity index (χ4v) is 5.17. The van der Waals surface area contributed by atoms with Crippen LogP contribution in [0.25, 0.3) is 0 Å². The number of aldehydes is 1. The molecule has 3 aliphatic rings. The van der Waals surface area contributed by atoms with E-state index in [9.17, 15) is 27.1 Å². The molecule has 0 spiro atoms. The summed E-state index contributed by atoms with van der Waals surface area (Å²) in [6.07, 6.45) is -1.60. The Morgan fingerprint density at radius 2 is 1.93 bits per heavy atom. The summed E-state index contributed by atoms with van der Waals surface area (Å²) in [5.41, 5.74) is 2.09. The molecule has 0 amide bonds. The number of halogens is 5. The summed E-state index contributed by atoms with van der Waals surface area (Å²) in [4.78, 5) is 8.70. The van der Waals surface area contributed by atoms with Crippen LogP contribution in [0.3, 0.4) is 0 Å². The van der Waals surface area contributed by atoms with E-state index in [-0.39, 0.29) is 16.7 Å². The number of carbonyl (C=O) groups excluding carboxylic acids is 1. The minimum atomic E-state index is -4.64. The number of piperidine rings is 1. The van der Waals surface area contributed by atoms with E-state index in [1.54, 1.807) is 12.1 Å². The maximum atomic E-state index is 13.0. The first kappa shape index (κ1) is 20.0. The highest BCUT2D eigenvalue weighted by molar-refractivity contribution is 5.56. The number of aromatic hydroxyl groups is 1. The molecular formula is C19H22F5NO2. The molecule has 150 valence electrons. The Hall–Kier alpha value is -1.70. The molecule has 1 aliphatic heterocycles. The van der Waals surface area contributed by atoms with Crippen LogP contribution >= 0.6 is 0 Å². The number of carbonyl (C=O) groups is 1. The van der Waals surface area contributed by atoms with Gasteiger partial charge in [-0.15, -0.1) is 0 Å². The maximum absolute atomic E-state index is 13.0. The van der Waals surface area contributed by atoms with Gasteiger partial charge < -0.3 is 10.4 Å². The Morgan fingerprint density at radius 3 is 2.56 bits per heavy atom. The lowest BCUT2D eigenvalue weighted by Crippen LogP contribution is -2.59. The van der Waals surface area contributed by atoms with Gasteiger partial charge in [0, 0.05) is 11.5 Å². The number of phenols is 1. The summed E-state index contributed by atoms with van der Waals surface area (Å²) >= 11 is 0. The highest BCUT2D eigenvalue weighted by Gasteiger charge is 2.51. The predicted molar refractivity (Wildman–Crippen MR) is 88.9 cm³/mol. The van der Waals surface area contributed by atoms with Gasteiger partial charge in [-0.2, -0.15) is 13.2 Å². The first-order valence-corrected chi connectivity index (χ1v) is 9.09. The van der Waals surface area contributed by atoms with E-state index in [0.29, 0.717) is 12.0 Å². The number of alkyl halides is 5. The van der Waals surface area contributed by atoms with Crippen LogP contribution in [0.2, 0.25) is 0 Å². The molecule has 0 unspecified atom stereocenters. The van der Waals surface area contributed by atoms with E-state index in [1.165, 1.54) is 19.3 Å². The van der Waals surface area contributed by atoms with Crippen LogP contribution in [0, 0.1) is 5.92 Å². The SMILES string of the molecule is O=CC(F)(F)F.Oc1cc2c(cc1C(F)F)C[C@@H]1NCC[C@]23CCCC[C@H]13. The van der Waals surface area contributed by atoms with Crippen molar-refractivity contribution in [3.63, 3.8) is 0 Å². The molecule has 0 aromatic heterocycles. The van der Waals surface area contributed by atoms with Crippen LogP contribution < -0.4 is 5.32 Å². The van der Waals surface area contributed by atoms with Crippen LogP contribution in [-0.4, -0.2) is 30.2 Å². The van der Waals surface area contributed by atoms with Crippen molar-refractivity contribution in [2.75, 3.05) is 6.54 Å². The molecule has 2 aliphatic carbocycles. The van der Waals surface area contributed by atoms with E-state index in [1.807, 2.05) is 0 Å². The van der Waals surface area contributed by atoms with E-state index in [4.69, 9.17) is 4.79 Å². The molecule has 0 radical (unpaired) electrons. The highest BCUT2D eigenvalue weighted by atomic mass is 19.4. The summed E-state index contributed by atoms with van der Waals surface area (Å²) < 4.78 is 57.3. The molecule has 2 bridgehead atoms. The number of benzene rings is 1. The van der Waals surface area contributed by atoms with Gasteiger partial charge in [0.25, 0.3) is 6.43 Å². The van der Waals surface area contributed by atoms with E-state index < -0.39 is 18.9 Å². The third-order valence-electron chi connectivity index (χ3n) is 6.16. The molecule has 4 rings (SSSR count). The van der Waals surface area contributed by atoms with Crippen molar-refractivity contribution in [3.05, 3.63) is 28.8 Å². The van der Waals surface area contributed by atoms with E-state index in [0.717, 1.165) is 36.9 Å². The minimum Gasteiger partial charge on any atom is -0.507 e. The van der Waals surface area contributed by atoms with E-state index >= 15 is 0 Å².